The molecule has 0 unspecified atom stereocenters. The predicted molar refractivity (Wildman–Crippen MR) is 92.7 cm³/mol. The van der Waals surface area contributed by atoms with Gasteiger partial charge in [0.25, 0.3) is 0 Å². The number of hydrogen-bond donors (Lipinski definition) is 0. The molecule has 0 bridgehead atoms. The van der Waals surface area contributed by atoms with E-state index in [4.69, 9.17) is 16.3 Å². The van der Waals surface area contributed by atoms with Crippen LogP contribution in [0.15, 0.2) is 48.5 Å². The molecule has 0 fully saturated rings. The van der Waals surface area contributed by atoms with Crippen molar-refractivity contribution in [2.75, 3.05) is 0 Å². The molecule has 23 heavy (non-hydrogen) atoms. The van der Waals surface area contributed by atoms with E-state index in [0.717, 1.165) is 22.5 Å². The van der Waals surface area contributed by atoms with Crippen molar-refractivity contribution in [2.24, 2.45) is 0 Å². The number of hydrogen-bond acceptors (Lipinski definition) is 2. The average Bonchev–Trinajstić information content (AvgIpc) is 2.82. The molecule has 0 saturated carbocycles. The van der Waals surface area contributed by atoms with Gasteiger partial charge in [0, 0.05) is 35.1 Å². The molecule has 1 heterocycles. The van der Waals surface area contributed by atoms with E-state index >= 15 is 0 Å². The topological polar surface area (TPSA) is 31.2 Å². The summed E-state index contributed by atoms with van der Waals surface area (Å²) in [6, 6.07) is 16.2. The largest absolute Gasteiger partial charge is 0.461 e. The fraction of sp³-hybridized carbons (Fsp3) is 0.211. The van der Waals surface area contributed by atoms with Gasteiger partial charge in [-0.1, -0.05) is 29.8 Å². The number of fused-ring (bicyclic) bond motifs is 1. The number of carbonyl (C=O) groups is 1. The highest BCUT2D eigenvalue weighted by atomic mass is 35.5. The van der Waals surface area contributed by atoms with E-state index in [1.807, 2.05) is 30.3 Å². The maximum atomic E-state index is 10.9. The van der Waals surface area contributed by atoms with Crippen LogP contribution >= 0.6 is 11.6 Å². The Bertz CT molecular complexity index is 850. The van der Waals surface area contributed by atoms with Gasteiger partial charge >= 0.3 is 5.97 Å². The molecular formula is C19H18ClNO2. The average molecular weight is 328 g/mol. The molecule has 0 amide bonds. The van der Waals surface area contributed by atoms with Crippen molar-refractivity contribution in [1.29, 1.82) is 0 Å². The van der Waals surface area contributed by atoms with Gasteiger partial charge in [0.1, 0.15) is 6.61 Å². The lowest BCUT2D eigenvalue weighted by Crippen LogP contribution is -2.01. The standard InChI is InChI=1S/C19H18ClNO2/c1-13-9-17-10-16(12-23-14(2)22)5-8-19(17)21(13)11-15-3-6-18(20)7-4-15/h3-10H,11-12H2,1-2H3. The number of aryl methyl sites for hydroxylation is 1. The molecule has 0 aliphatic carbocycles. The Morgan fingerprint density at radius 3 is 2.48 bits per heavy atom. The molecule has 4 heteroatoms. The van der Waals surface area contributed by atoms with Gasteiger partial charge in [-0.3, -0.25) is 4.79 Å². The number of halogens is 1. The molecule has 0 N–H and O–H groups in total. The monoisotopic (exact) mass is 327 g/mol. The lowest BCUT2D eigenvalue weighted by atomic mass is 10.1. The lowest BCUT2D eigenvalue weighted by molar-refractivity contribution is -0.142. The van der Waals surface area contributed by atoms with Crippen LogP contribution in [0.3, 0.4) is 0 Å². The van der Waals surface area contributed by atoms with Gasteiger partial charge in [0.15, 0.2) is 0 Å². The van der Waals surface area contributed by atoms with E-state index in [1.54, 1.807) is 0 Å². The van der Waals surface area contributed by atoms with Crippen molar-refractivity contribution in [3.05, 3.63) is 70.4 Å². The number of benzene rings is 2. The van der Waals surface area contributed by atoms with E-state index in [-0.39, 0.29) is 5.97 Å². The van der Waals surface area contributed by atoms with Crippen molar-refractivity contribution in [2.45, 2.75) is 27.0 Å². The summed E-state index contributed by atoms with van der Waals surface area (Å²) >= 11 is 5.95. The highest BCUT2D eigenvalue weighted by Crippen LogP contribution is 2.23. The normalized spacial score (nSPS) is 10.9. The zero-order chi connectivity index (χ0) is 16.4. The smallest absolute Gasteiger partial charge is 0.302 e. The van der Waals surface area contributed by atoms with Crippen LogP contribution in [0.4, 0.5) is 0 Å². The maximum absolute atomic E-state index is 10.9. The van der Waals surface area contributed by atoms with Gasteiger partial charge in [-0.05, 0) is 48.4 Å². The van der Waals surface area contributed by atoms with E-state index in [9.17, 15) is 4.79 Å². The third-order valence-electron chi connectivity index (χ3n) is 3.87. The third-order valence-corrected chi connectivity index (χ3v) is 4.12. The Morgan fingerprint density at radius 2 is 1.78 bits per heavy atom. The van der Waals surface area contributed by atoms with E-state index < -0.39 is 0 Å². The second kappa shape index (κ2) is 6.47. The number of rotatable bonds is 4. The molecule has 0 aliphatic heterocycles. The van der Waals surface area contributed by atoms with Gasteiger partial charge < -0.3 is 9.30 Å². The molecule has 118 valence electrons. The molecule has 3 aromatic rings. The van der Waals surface area contributed by atoms with Crippen molar-refractivity contribution in [3.63, 3.8) is 0 Å². The first kappa shape index (κ1) is 15.6. The van der Waals surface area contributed by atoms with Gasteiger partial charge in [-0.25, -0.2) is 0 Å². The first-order valence-corrected chi connectivity index (χ1v) is 7.87. The van der Waals surface area contributed by atoms with E-state index in [1.165, 1.54) is 23.7 Å². The highest BCUT2D eigenvalue weighted by Gasteiger charge is 2.08. The zero-order valence-corrected chi connectivity index (χ0v) is 13.9. The Kier molecular flexibility index (Phi) is 4.39. The minimum absolute atomic E-state index is 0.262. The fourth-order valence-electron chi connectivity index (χ4n) is 2.72. The van der Waals surface area contributed by atoms with Crippen LogP contribution in [0.2, 0.25) is 5.02 Å². The van der Waals surface area contributed by atoms with E-state index in [2.05, 4.69) is 29.7 Å². The van der Waals surface area contributed by atoms with Crippen LogP contribution in [0.25, 0.3) is 10.9 Å². The van der Waals surface area contributed by atoms with Crippen LogP contribution in [-0.2, 0) is 22.7 Å². The number of esters is 1. The molecule has 2 aromatic carbocycles. The second-order valence-electron chi connectivity index (χ2n) is 5.67. The Morgan fingerprint density at radius 1 is 1.09 bits per heavy atom. The summed E-state index contributed by atoms with van der Waals surface area (Å²) in [5.74, 6) is -0.262. The van der Waals surface area contributed by atoms with Gasteiger partial charge in [0.2, 0.25) is 0 Å². The van der Waals surface area contributed by atoms with Crippen LogP contribution in [0.5, 0.6) is 0 Å². The Hall–Kier alpha value is -2.26. The SMILES string of the molecule is CC(=O)OCc1ccc2c(c1)cc(C)n2Cc1ccc(Cl)cc1. The number of carbonyl (C=O) groups excluding carboxylic acids is 1. The molecule has 1 aromatic heterocycles. The summed E-state index contributed by atoms with van der Waals surface area (Å²) in [4.78, 5) is 10.9. The summed E-state index contributed by atoms with van der Waals surface area (Å²) < 4.78 is 7.33. The molecular weight excluding hydrogens is 310 g/mol. The van der Waals surface area contributed by atoms with Gasteiger partial charge in [0.05, 0.1) is 0 Å². The van der Waals surface area contributed by atoms with Gasteiger partial charge in [-0.2, -0.15) is 0 Å². The summed E-state index contributed by atoms with van der Waals surface area (Å²) in [6.45, 7) is 4.63. The molecule has 0 aliphatic rings. The zero-order valence-electron chi connectivity index (χ0n) is 13.2. The predicted octanol–water partition coefficient (Wildman–Crippen LogP) is 4.71. The fourth-order valence-corrected chi connectivity index (χ4v) is 2.84. The van der Waals surface area contributed by atoms with Gasteiger partial charge in [-0.15, -0.1) is 0 Å². The number of ether oxygens (including phenoxy) is 1. The Balaban J connectivity index is 1.90. The van der Waals surface area contributed by atoms with Crippen LogP contribution in [-0.4, -0.2) is 10.5 Å². The van der Waals surface area contributed by atoms with Crippen molar-refractivity contribution >= 4 is 28.5 Å². The Labute approximate surface area is 140 Å². The van der Waals surface area contributed by atoms with Crippen LogP contribution in [0.1, 0.15) is 23.7 Å². The molecule has 0 atom stereocenters. The summed E-state index contributed by atoms with van der Waals surface area (Å²) in [6.07, 6.45) is 0. The first-order chi connectivity index (χ1) is 11.0. The number of nitrogens with zero attached hydrogens (tertiary/aromatic N) is 1. The molecule has 0 saturated heterocycles. The minimum atomic E-state index is -0.262. The van der Waals surface area contributed by atoms with Crippen LogP contribution in [0, 0.1) is 6.92 Å². The van der Waals surface area contributed by atoms with E-state index in [0.29, 0.717) is 6.61 Å². The maximum Gasteiger partial charge on any atom is 0.302 e. The molecule has 3 rings (SSSR count). The molecule has 0 radical (unpaired) electrons. The minimum Gasteiger partial charge on any atom is -0.461 e. The lowest BCUT2D eigenvalue weighted by Gasteiger charge is -2.09. The third kappa shape index (κ3) is 3.57. The molecule has 0 spiro atoms. The van der Waals surface area contributed by atoms with Crippen molar-refractivity contribution in [3.8, 4) is 0 Å². The highest BCUT2D eigenvalue weighted by molar-refractivity contribution is 6.30. The number of aromatic nitrogens is 1. The van der Waals surface area contributed by atoms with Crippen molar-refractivity contribution in [1.82, 2.24) is 4.57 Å². The van der Waals surface area contributed by atoms with Crippen molar-refractivity contribution < 1.29 is 9.53 Å². The second-order valence-corrected chi connectivity index (χ2v) is 6.11. The summed E-state index contributed by atoms with van der Waals surface area (Å²) in [7, 11) is 0. The summed E-state index contributed by atoms with van der Waals surface area (Å²) in [5, 5.41) is 1.90. The molecule has 3 nitrogen and oxygen atoms in total. The quantitative estimate of drug-likeness (QED) is 0.649. The first-order valence-electron chi connectivity index (χ1n) is 7.49. The van der Waals surface area contributed by atoms with Crippen LogP contribution < -0.4 is 0 Å². The summed E-state index contributed by atoms with van der Waals surface area (Å²) in [5.41, 5.74) is 4.57.